The summed E-state index contributed by atoms with van der Waals surface area (Å²) in [7, 11) is 0. The van der Waals surface area contributed by atoms with Gasteiger partial charge in [-0.25, -0.2) is 4.79 Å². The van der Waals surface area contributed by atoms with E-state index in [9.17, 15) is 14.4 Å². The third kappa shape index (κ3) is 2.78. The number of nitrogens with one attached hydrogen (secondary N) is 3. The van der Waals surface area contributed by atoms with Gasteiger partial charge in [-0.15, -0.1) is 0 Å². The first-order valence-electron chi connectivity index (χ1n) is 8.37. The smallest absolute Gasteiger partial charge is 0.322 e. The highest BCUT2D eigenvalue weighted by molar-refractivity contribution is 9.10. The lowest BCUT2D eigenvalue weighted by atomic mass is 9.76. The molecule has 2 heterocycles. The number of ether oxygens (including phenoxy) is 1. The number of carbonyl (C=O) groups excluding carboxylic acids is 3. The average Bonchev–Trinajstić information content (AvgIpc) is 3.17. The van der Waals surface area contributed by atoms with Crippen molar-refractivity contribution < 1.29 is 19.1 Å². The molecule has 0 atom stereocenters. The van der Waals surface area contributed by atoms with Crippen LogP contribution in [0.1, 0.15) is 31.2 Å². The van der Waals surface area contributed by atoms with E-state index in [1.54, 1.807) is 0 Å². The second-order valence-electron chi connectivity index (χ2n) is 6.75. The molecule has 3 aliphatic rings. The highest BCUT2D eigenvalue weighted by Gasteiger charge is 2.48. The molecule has 1 aromatic carbocycles. The molecule has 1 saturated heterocycles. The van der Waals surface area contributed by atoms with Crippen LogP contribution in [0.3, 0.4) is 0 Å². The van der Waals surface area contributed by atoms with E-state index in [1.165, 1.54) is 0 Å². The summed E-state index contributed by atoms with van der Waals surface area (Å²) < 4.78 is 6.49. The quantitative estimate of drug-likeness (QED) is 0.653. The number of urea groups is 1. The second kappa shape index (κ2) is 6.01. The minimum absolute atomic E-state index is 0.0454. The second-order valence-corrected chi connectivity index (χ2v) is 7.61. The number of fused-ring (bicyclic) bond motifs is 1. The van der Waals surface area contributed by atoms with Gasteiger partial charge in [0.25, 0.3) is 5.91 Å². The van der Waals surface area contributed by atoms with E-state index in [4.69, 9.17) is 4.74 Å². The molecule has 0 bridgehead atoms. The molecule has 2 fully saturated rings. The number of halogens is 1. The molecule has 2 aliphatic heterocycles. The van der Waals surface area contributed by atoms with Gasteiger partial charge in [0.2, 0.25) is 5.91 Å². The minimum atomic E-state index is -0.833. The molecule has 1 aromatic rings. The highest BCUT2D eigenvalue weighted by atomic mass is 79.9. The first-order valence-corrected chi connectivity index (χ1v) is 9.16. The molecule has 0 aromatic heterocycles. The molecule has 8 heteroatoms. The maximum Gasteiger partial charge on any atom is 0.322 e. The minimum Gasteiger partial charge on any atom is -0.492 e. The van der Waals surface area contributed by atoms with E-state index >= 15 is 0 Å². The van der Waals surface area contributed by atoms with Gasteiger partial charge in [0, 0.05) is 23.6 Å². The molecule has 4 rings (SSSR count). The van der Waals surface area contributed by atoms with Gasteiger partial charge >= 0.3 is 6.03 Å². The van der Waals surface area contributed by atoms with Crippen LogP contribution in [0.4, 0.5) is 10.5 Å². The molecular formula is C17H18BrN3O4. The van der Waals surface area contributed by atoms with Crippen LogP contribution in [0, 0.1) is 5.92 Å². The van der Waals surface area contributed by atoms with Crippen molar-refractivity contribution in [3.8, 4) is 5.75 Å². The Bertz CT molecular complexity index is 771. The Hall–Kier alpha value is -2.09. The van der Waals surface area contributed by atoms with Gasteiger partial charge in [-0.1, -0.05) is 0 Å². The fraction of sp³-hybridized carbons (Fsp3) is 0.471. The first-order chi connectivity index (χ1) is 12.0. The lowest BCUT2D eigenvalue weighted by Crippen LogP contribution is -2.50. The van der Waals surface area contributed by atoms with Crippen LogP contribution in [0.5, 0.6) is 5.75 Å². The van der Waals surface area contributed by atoms with E-state index < -0.39 is 11.6 Å². The maximum absolute atomic E-state index is 12.6. The van der Waals surface area contributed by atoms with Gasteiger partial charge in [-0.2, -0.15) is 0 Å². The third-order valence-electron chi connectivity index (χ3n) is 5.29. The molecular weight excluding hydrogens is 390 g/mol. The summed E-state index contributed by atoms with van der Waals surface area (Å²) in [4.78, 5) is 36.0. The molecule has 7 nitrogen and oxygen atoms in total. The monoisotopic (exact) mass is 407 g/mol. The fourth-order valence-corrected chi connectivity index (χ4v) is 4.35. The summed E-state index contributed by atoms with van der Waals surface area (Å²) >= 11 is 3.46. The zero-order chi connectivity index (χ0) is 17.6. The van der Waals surface area contributed by atoms with Crippen molar-refractivity contribution in [2.45, 2.75) is 37.6 Å². The molecule has 0 radical (unpaired) electrons. The Morgan fingerprint density at radius 3 is 2.72 bits per heavy atom. The van der Waals surface area contributed by atoms with E-state index in [-0.39, 0.29) is 17.7 Å². The topological polar surface area (TPSA) is 96.5 Å². The summed E-state index contributed by atoms with van der Waals surface area (Å²) in [6, 6.07) is 3.30. The Morgan fingerprint density at radius 2 is 2.04 bits per heavy atom. The molecule has 4 amide bonds. The number of hydrogen-bond donors (Lipinski definition) is 3. The largest absolute Gasteiger partial charge is 0.492 e. The van der Waals surface area contributed by atoms with E-state index in [0.29, 0.717) is 32.3 Å². The summed E-state index contributed by atoms with van der Waals surface area (Å²) in [5, 5.41) is 8.01. The van der Waals surface area contributed by atoms with Crippen molar-refractivity contribution in [2.24, 2.45) is 5.92 Å². The van der Waals surface area contributed by atoms with Gasteiger partial charge in [-0.05, 0) is 53.7 Å². The van der Waals surface area contributed by atoms with Crippen molar-refractivity contribution >= 4 is 39.5 Å². The fourth-order valence-electron chi connectivity index (χ4n) is 3.86. The van der Waals surface area contributed by atoms with Crippen LogP contribution in [0.2, 0.25) is 0 Å². The molecule has 1 spiro atoms. The van der Waals surface area contributed by atoms with Crippen LogP contribution >= 0.6 is 15.9 Å². The number of benzene rings is 1. The normalized spacial score (nSPS) is 27.5. The zero-order valence-corrected chi connectivity index (χ0v) is 15.1. The number of imide groups is 1. The van der Waals surface area contributed by atoms with Crippen LogP contribution in [0.25, 0.3) is 0 Å². The van der Waals surface area contributed by atoms with Gasteiger partial charge < -0.3 is 15.4 Å². The summed E-state index contributed by atoms with van der Waals surface area (Å²) in [5.74, 6) is 0.304. The number of anilines is 1. The first kappa shape index (κ1) is 16.4. The standard InChI is InChI=1S/C17H18BrN3O4/c18-11-1-2-12(10-5-8-25-13(10)11)19-14(22)9-3-6-17(7-4-9)15(23)20-16(24)21-17/h1-2,9H,3-8H2,(H,19,22)(H2,20,21,23,24). The summed E-state index contributed by atoms with van der Waals surface area (Å²) in [6.07, 6.45) is 2.85. The Balaban J connectivity index is 1.43. The summed E-state index contributed by atoms with van der Waals surface area (Å²) in [6.45, 7) is 0.613. The van der Waals surface area contributed by atoms with Crippen molar-refractivity contribution in [2.75, 3.05) is 11.9 Å². The Kier molecular flexibility index (Phi) is 3.94. The van der Waals surface area contributed by atoms with Crippen molar-refractivity contribution in [3.05, 3.63) is 22.2 Å². The lowest BCUT2D eigenvalue weighted by Gasteiger charge is -2.33. The number of carbonyl (C=O) groups is 3. The molecule has 1 aliphatic carbocycles. The Labute approximate surface area is 153 Å². The SMILES string of the molecule is O=C1NC(=O)C2(CCC(C(=O)Nc3ccc(Br)c4c3CCO4)CC2)N1. The van der Waals surface area contributed by atoms with Gasteiger partial charge in [-0.3, -0.25) is 14.9 Å². The maximum atomic E-state index is 12.6. The molecule has 132 valence electrons. The highest BCUT2D eigenvalue weighted by Crippen LogP contribution is 2.39. The molecule has 25 heavy (non-hydrogen) atoms. The number of rotatable bonds is 2. The van der Waals surface area contributed by atoms with Crippen LogP contribution in [0.15, 0.2) is 16.6 Å². The van der Waals surface area contributed by atoms with Crippen molar-refractivity contribution in [1.82, 2.24) is 10.6 Å². The van der Waals surface area contributed by atoms with E-state index in [1.807, 2.05) is 12.1 Å². The predicted octanol–water partition coefficient (Wildman–Crippen LogP) is 2.09. The lowest BCUT2D eigenvalue weighted by molar-refractivity contribution is -0.128. The van der Waals surface area contributed by atoms with Crippen molar-refractivity contribution in [1.29, 1.82) is 0 Å². The van der Waals surface area contributed by atoms with Gasteiger partial charge in [0.15, 0.2) is 0 Å². The van der Waals surface area contributed by atoms with Crippen LogP contribution in [-0.4, -0.2) is 30.0 Å². The average molecular weight is 408 g/mol. The van der Waals surface area contributed by atoms with E-state index in [2.05, 4.69) is 31.9 Å². The molecule has 1 saturated carbocycles. The third-order valence-corrected chi connectivity index (χ3v) is 5.92. The predicted molar refractivity (Wildman–Crippen MR) is 93.3 cm³/mol. The van der Waals surface area contributed by atoms with Crippen LogP contribution < -0.4 is 20.7 Å². The van der Waals surface area contributed by atoms with Crippen LogP contribution in [-0.2, 0) is 16.0 Å². The molecule has 0 unspecified atom stereocenters. The van der Waals surface area contributed by atoms with Crippen molar-refractivity contribution in [3.63, 3.8) is 0 Å². The number of hydrogen-bond acceptors (Lipinski definition) is 4. The van der Waals surface area contributed by atoms with E-state index in [0.717, 1.165) is 27.9 Å². The number of amides is 4. The Morgan fingerprint density at radius 1 is 1.28 bits per heavy atom. The van der Waals surface area contributed by atoms with Gasteiger partial charge in [0.05, 0.1) is 11.1 Å². The van der Waals surface area contributed by atoms with Gasteiger partial charge in [0.1, 0.15) is 11.3 Å². The molecule has 3 N–H and O–H groups in total. The zero-order valence-electron chi connectivity index (χ0n) is 13.5. The summed E-state index contributed by atoms with van der Waals surface area (Å²) in [5.41, 5.74) is 0.964.